The molecule has 88 heavy (non-hydrogen) atoms. The topological polar surface area (TPSA) is 415 Å². The van der Waals surface area contributed by atoms with Crippen LogP contribution in [0.4, 0.5) is 0 Å². The Morgan fingerprint density at radius 3 is 1.31 bits per heavy atom. The number of aromatic hydroxyl groups is 1. The van der Waals surface area contributed by atoms with E-state index in [2.05, 4.69) is 47.9 Å². The number of benzene rings is 3. The molecule has 0 aromatic heterocycles. The molecular weight excluding hydrogens is 1130 g/mol. The van der Waals surface area contributed by atoms with Crippen LogP contribution in [0.2, 0.25) is 0 Å². The van der Waals surface area contributed by atoms with Gasteiger partial charge in [-0.3, -0.25) is 57.5 Å². The Bertz CT molecular complexity index is 2930. The number of carbonyl (C=O) groups is 12. The fraction of sp³-hybridized carbons (Fsp3) is 0.516. The Kier molecular flexibility index (Phi) is 26.8. The fourth-order valence-corrected chi connectivity index (χ4v) is 10.5. The molecule has 10 atom stereocenters. The van der Waals surface area contributed by atoms with E-state index in [-0.39, 0.29) is 82.0 Å². The lowest BCUT2D eigenvalue weighted by molar-refractivity contribution is -0.142. The average Bonchev–Trinajstić information content (AvgIpc) is 3.33. The zero-order valence-corrected chi connectivity index (χ0v) is 50.8. The van der Waals surface area contributed by atoms with Crippen LogP contribution < -0.4 is 65.1 Å². The lowest BCUT2D eigenvalue weighted by atomic mass is 9.98. The van der Waals surface area contributed by atoms with Crippen molar-refractivity contribution in [1.82, 2.24) is 52.8 Å². The van der Waals surface area contributed by atoms with Crippen molar-refractivity contribution < 1.29 is 62.6 Å². The van der Waals surface area contributed by atoms with E-state index in [1.165, 1.54) is 29.2 Å². The minimum Gasteiger partial charge on any atom is -0.508 e. The standard InChI is InChI=1S/C62H87N13O13/c1-34(2)27-42-54(80)73-48(31-38-17-11-8-12-18-38)62(88)75-26-14-20-49(75)60(86)72-45(30-39-21-23-40(76)24-22-39)56(82)69-44(29-37-15-9-7-10-16-37)55(81)70-47(33-51(65)78)58(84)71-46(32-50(64)77)57(83)68-43(28-35(3)4)59(85)74-52(36(5)6)61(87)66-41(19-13-25-63)53(79)67-42/h7-12,15-18,21-24,34-36,41-49,52,76H,13-14,19-20,25-33,63H2,1-6H3,(H2,64,77)(H2,65,78)(H,66,87)(H,67,79)(H,68,83)(H,69,82)(H,70,81)(H,71,84)(H,72,86)(H,73,80)(H,74,85)/t41-,42-,43-,44+,45-,46-,47-,48-,49-,52-/m0/s1. The maximum Gasteiger partial charge on any atom is 0.246 e. The molecule has 16 N–H and O–H groups in total. The van der Waals surface area contributed by atoms with E-state index >= 15 is 4.79 Å². The Balaban J connectivity index is 1.65. The smallest absolute Gasteiger partial charge is 0.246 e. The van der Waals surface area contributed by atoms with E-state index in [4.69, 9.17) is 17.2 Å². The highest BCUT2D eigenvalue weighted by atomic mass is 16.3. The number of hydrogen-bond donors (Lipinski definition) is 13. The second-order valence-electron chi connectivity index (χ2n) is 23.7. The maximum absolute atomic E-state index is 15.1. The quantitative estimate of drug-likeness (QED) is 0.0729. The van der Waals surface area contributed by atoms with Gasteiger partial charge in [-0.15, -0.1) is 0 Å². The average molecular weight is 1220 g/mol. The fourth-order valence-electron chi connectivity index (χ4n) is 10.5. The van der Waals surface area contributed by atoms with Crippen LogP contribution >= 0.6 is 0 Å². The van der Waals surface area contributed by atoms with Crippen molar-refractivity contribution in [3.05, 3.63) is 102 Å². The highest BCUT2D eigenvalue weighted by Gasteiger charge is 2.42. The number of rotatable bonds is 18. The number of carbonyl (C=O) groups excluding carboxylic acids is 12. The predicted molar refractivity (Wildman–Crippen MR) is 324 cm³/mol. The molecule has 478 valence electrons. The first-order valence-electron chi connectivity index (χ1n) is 29.9. The number of primary amides is 2. The molecule has 0 radical (unpaired) electrons. The van der Waals surface area contributed by atoms with Gasteiger partial charge >= 0.3 is 0 Å². The van der Waals surface area contributed by atoms with Crippen molar-refractivity contribution in [1.29, 1.82) is 0 Å². The number of phenols is 1. The minimum absolute atomic E-state index is 0.00884. The monoisotopic (exact) mass is 1220 g/mol. The van der Waals surface area contributed by atoms with E-state index in [9.17, 15) is 57.8 Å². The van der Waals surface area contributed by atoms with Crippen LogP contribution in [0.25, 0.3) is 0 Å². The van der Waals surface area contributed by atoms with Gasteiger partial charge in [-0.2, -0.15) is 0 Å². The molecule has 12 amide bonds. The second kappa shape index (κ2) is 33.8. The highest BCUT2D eigenvalue weighted by molar-refractivity contribution is 6.01. The Hall–Kier alpha value is -8.94. The molecule has 2 fully saturated rings. The normalized spacial score (nSPS) is 24.6. The summed E-state index contributed by atoms with van der Waals surface area (Å²) in [5, 5.41) is 34.0. The molecule has 0 saturated carbocycles. The van der Waals surface area contributed by atoms with Gasteiger partial charge in [0, 0.05) is 25.8 Å². The van der Waals surface area contributed by atoms with Crippen LogP contribution in [-0.4, -0.2) is 154 Å². The van der Waals surface area contributed by atoms with Gasteiger partial charge in [-0.1, -0.05) is 114 Å². The van der Waals surface area contributed by atoms with Crippen LogP contribution in [0.1, 0.15) is 110 Å². The zero-order chi connectivity index (χ0) is 64.8. The Morgan fingerprint density at radius 2 is 0.852 bits per heavy atom. The summed E-state index contributed by atoms with van der Waals surface area (Å²) in [5.41, 5.74) is 18.7. The summed E-state index contributed by atoms with van der Waals surface area (Å²) in [7, 11) is 0. The molecule has 3 aromatic rings. The van der Waals surface area contributed by atoms with E-state index in [1.807, 2.05) is 13.8 Å². The summed E-state index contributed by atoms with van der Waals surface area (Å²) in [5.74, 6) is -12.3. The number of phenolic OH excluding ortho intramolecular Hbond substituents is 1. The summed E-state index contributed by atoms with van der Waals surface area (Å²) in [6.45, 7) is 10.5. The van der Waals surface area contributed by atoms with Crippen LogP contribution in [-0.2, 0) is 76.8 Å². The number of nitrogens with two attached hydrogens (primary N) is 3. The van der Waals surface area contributed by atoms with Gasteiger partial charge in [0.1, 0.15) is 66.2 Å². The predicted octanol–water partition coefficient (Wildman–Crippen LogP) is -0.974. The van der Waals surface area contributed by atoms with Crippen molar-refractivity contribution in [3.8, 4) is 5.75 Å². The van der Waals surface area contributed by atoms with Gasteiger partial charge in [-0.25, -0.2) is 0 Å². The lowest BCUT2D eigenvalue weighted by Crippen LogP contribution is -2.62. The zero-order valence-electron chi connectivity index (χ0n) is 50.8. The van der Waals surface area contributed by atoms with Crippen LogP contribution in [0.3, 0.4) is 0 Å². The van der Waals surface area contributed by atoms with E-state index in [1.54, 1.807) is 88.4 Å². The van der Waals surface area contributed by atoms with Gasteiger partial charge in [0.25, 0.3) is 0 Å². The molecule has 5 rings (SSSR count). The van der Waals surface area contributed by atoms with Crippen LogP contribution in [0, 0.1) is 17.8 Å². The molecular formula is C62H87N13O13. The number of amides is 12. The third-order valence-corrected chi connectivity index (χ3v) is 15.0. The molecule has 2 saturated heterocycles. The lowest BCUT2D eigenvalue weighted by Gasteiger charge is -2.32. The van der Waals surface area contributed by atoms with E-state index < -0.39 is 150 Å². The van der Waals surface area contributed by atoms with Gasteiger partial charge in [-0.05, 0) is 91.6 Å². The second-order valence-corrected chi connectivity index (χ2v) is 23.7. The molecule has 26 nitrogen and oxygen atoms in total. The molecule has 0 unspecified atom stereocenters. The molecule has 2 heterocycles. The summed E-state index contributed by atoms with van der Waals surface area (Å²) < 4.78 is 0. The van der Waals surface area contributed by atoms with E-state index in [0.29, 0.717) is 23.1 Å². The summed E-state index contributed by atoms with van der Waals surface area (Å²) in [4.78, 5) is 172. The van der Waals surface area contributed by atoms with Crippen molar-refractivity contribution >= 4 is 70.9 Å². The number of nitrogens with one attached hydrogen (secondary N) is 9. The molecule has 3 aromatic carbocycles. The molecule has 2 aliphatic heterocycles. The first-order chi connectivity index (χ1) is 41.7. The molecule has 0 spiro atoms. The van der Waals surface area contributed by atoms with Crippen molar-refractivity contribution in [2.75, 3.05) is 13.1 Å². The van der Waals surface area contributed by atoms with Crippen molar-refractivity contribution in [2.45, 2.75) is 173 Å². The van der Waals surface area contributed by atoms with Gasteiger partial charge < -0.3 is 75.1 Å². The Morgan fingerprint density at radius 1 is 0.477 bits per heavy atom. The highest BCUT2D eigenvalue weighted by Crippen LogP contribution is 2.22. The summed E-state index contributed by atoms with van der Waals surface area (Å²) >= 11 is 0. The number of hydrogen-bond acceptors (Lipinski definition) is 14. The van der Waals surface area contributed by atoms with Crippen LogP contribution in [0.5, 0.6) is 5.75 Å². The minimum atomic E-state index is -1.87. The van der Waals surface area contributed by atoms with Gasteiger partial charge in [0.15, 0.2) is 0 Å². The number of nitrogens with zero attached hydrogens (tertiary/aromatic N) is 1. The third-order valence-electron chi connectivity index (χ3n) is 15.0. The SMILES string of the molecule is CC(C)C[C@@H]1NC(=O)[C@H](CCCN)NC(=O)[C@H](C(C)C)NC(=O)[C@H](CC(C)C)NC(=O)[C@H](CC(N)=O)NC(=O)[C@H](CC(N)=O)NC(=O)[C@@H](Cc2ccccc2)NC(=O)[C@H](Cc2ccc(O)cc2)NC(=O)[C@@H]2CCCN2C(=O)[C@H](Cc2ccccc2)NC1=O. The summed E-state index contributed by atoms with van der Waals surface area (Å²) in [6, 6.07) is 8.28. The van der Waals surface area contributed by atoms with E-state index in [0.717, 1.165) is 0 Å². The molecule has 2 aliphatic rings. The van der Waals surface area contributed by atoms with Crippen LogP contribution in [0.15, 0.2) is 84.9 Å². The Labute approximate surface area is 512 Å². The summed E-state index contributed by atoms with van der Waals surface area (Å²) in [6.07, 6.45) is -1.52. The third kappa shape index (κ3) is 21.8. The first-order valence-corrected chi connectivity index (χ1v) is 29.9. The molecule has 26 heteroatoms. The molecule has 0 aliphatic carbocycles. The maximum atomic E-state index is 15.1. The first kappa shape index (κ1) is 69.8. The van der Waals surface area contributed by atoms with Gasteiger partial charge in [0.05, 0.1) is 12.8 Å². The van der Waals surface area contributed by atoms with Crippen molar-refractivity contribution in [3.63, 3.8) is 0 Å². The number of fused-ring (bicyclic) bond motifs is 1. The molecule has 0 bridgehead atoms. The largest absolute Gasteiger partial charge is 0.508 e. The van der Waals surface area contributed by atoms with Crippen molar-refractivity contribution in [2.24, 2.45) is 35.0 Å². The van der Waals surface area contributed by atoms with Gasteiger partial charge in [0.2, 0.25) is 70.9 Å².